The standard InChI is InChI=1S/C14H20N4/c1-11(2)9-18-10-16-17-14(18)8-13(15)12-6-4-3-5-7-12/h3-7,10-11,13H,8-9,15H2,1-2H3. The first-order chi connectivity index (χ1) is 8.66. The topological polar surface area (TPSA) is 56.7 Å². The van der Waals surface area contributed by atoms with Crippen LogP contribution in [-0.4, -0.2) is 14.8 Å². The Bertz CT molecular complexity index is 476. The van der Waals surface area contributed by atoms with Crippen molar-refractivity contribution in [3.8, 4) is 0 Å². The highest BCUT2D eigenvalue weighted by Crippen LogP contribution is 2.15. The van der Waals surface area contributed by atoms with Crippen LogP contribution < -0.4 is 5.73 Å². The Kier molecular flexibility index (Phi) is 4.10. The highest BCUT2D eigenvalue weighted by Gasteiger charge is 2.12. The lowest BCUT2D eigenvalue weighted by atomic mass is 10.0. The molecule has 0 saturated carbocycles. The summed E-state index contributed by atoms with van der Waals surface area (Å²) < 4.78 is 2.09. The van der Waals surface area contributed by atoms with Gasteiger partial charge in [0.25, 0.3) is 0 Å². The van der Waals surface area contributed by atoms with Gasteiger partial charge in [0, 0.05) is 19.0 Å². The molecule has 1 heterocycles. The molecule has 0 radical (unpaired) electrons. The molecule has 1 aromatic heterocycles. The molecule has 2 aromatic rings. The predicted octanol–water partition coefficient (Wildman–Crippen LogP) is 2.18. The molecule has 0 amide bonds. The molecular formula is C14H20N4. The summed E-state index contributed by atoms with van der Waals surface area (Å²) in [6, 6.07) is 10.1. The maximum Gasteiger partial charge on any atom is 0.134 e. The summed E-state index contributed by atoms with van der Waals surface area (Å²) in [4.78, 5) is 0. The number of aromatic nitrogens is 3. The van der Waals surface area contributed by atoms with Crippen molar-refractivity contribution in [2.75, 3.05) is 0 Å². The van der Waals surface area contributed by atoms with Gasteiger partial charge in [-0.3, -0.25) is 0 Å². The number of benzene rings is 1. The molecule has 18 heavy (non-hydrogen) atoms. The van der Waals surface area contributed by atoms with E-state index in [1.165, 1.54) is 0 Å². The van der Waals surface area contributed by atoms with Crippen LogP contribution in [0.5, 0.6) is 0 Å². The van der Waals surface area contributed by atoms with Crippen LogP contribution in [0.2, 0.25) is 0 Å². The normalized spacial score (nSPS) is 12.9. The Labute approximate surface area is 108 Å². The Morgan fingerprint density at radius 2 is 1.94 bits per heavy atom. The summed E-state index contributed by atoms with van der Waals surface area (Å²) in [5.74, 6) is 1.53. The number of hydrogen-bond acceptors (Lipinski definition) is 3. The SMILES string of the molecule is CC(C)Cn1cnnc1CC(N)c1ccccc1. The van der Waals surface area contributed by atoms with Gasteiger partial charge in [0.1, 0.15) is 12.2 Å². The van der Waals surface area contributed by atoms with Gasteiger partial charge in [-0.05, 0) is 11.5 Å². The van der Waals surface area contributed by atoms with Gasteiger partial charge in [0.15, 0.2) is 0 Å². The number of hydrogen-bond donors (Lipinski definition) is 1. The fourth-order valence-corrected chi connectivity index (χ4v) is 2.00. The second-order valence-corrected chi connectivity index (χ2v) is 5.01. The quantitative estimate of drug-likeness (QED) is 0.877. The molecule has 96 valence electrons. The van der Waals surface area contributed by atoms with Gasteiger partial charge >= 0.3 is 0 Å². The third-order valence-corrected chi connectivity index (χ3v) is 2.89. The van der Waals surface area contributed by atoms with Crippen LogP contribution in [0, 0.1) is 5.92 Å². The molecule has 0 fully saturated rings. The van der Waals surface area contributed by atoms with Gasteiger partial charge in [0.05, 0.1) is 0 Å². The van der Waals surface area contributed by atoms with Crippen LogP contribution in [0.25, 0.3) is 0 Å². The predicted molar refractivity (Wildman–Crippen MR) is 71.9 cm³/mol. The van der Waals surface area contributed by atoms with Crippen molar-refractivity contribution in [3.05, 3.63) is 48.0 Å². The van der Waals surface area contributed by atoms with Gasteiger partial charge in [-0.15, -0.1) is 10.2 Å². The highest BCUT2D eigenvalue weighted by molar-refractivity contribution is 5.19. The van der Waals surface area contributed by atoms with Crippen molar-refractivity contribution < 1.29 is 0 Å². The van der Waals surface area contributed by atoms with E-state index in [2.05, 4.69) is 28.6 Å². The Hall–Kier alpha value is -1.68. The minimum atomic E-state index is -0.0266. The van der Waals surface area contributed by atoms with Gasteiger partial charge in [0.2, 0.25) is 0 Å². The van der Waals surface area contributed by atoms with E-state index in [1.54, 1.807) is 6.33 Å². The van der Waals surface area contributed by atoms with E-state index in [4.69, 9.17) is 5.73 Å². The third kappa shape index (κ3) is 3.17. The van der Waals surface area contributed by atoms with Gasteiger partial charge in [-0.1, -0.05) is 44.2 Å². The summed E-state index contributed by atoms with van der Waals surface area (Å²) in [6.45, 7) is 5.30. The first-order valence-electron chi connectivity index (χ1n) is 6.34. The zero-order chi connectivity index (χ0) is 13.0. The average molecular weight is 244 g/mol. The molecule has 2 rings (SSSR count). The minimum Gasteiger partial charge on any atom is -0.324 e. The third-order valence-electron chi connectivity index (χ3n) is 2.89. The van der Waals surface area contributed by atoms with Crippen LogP contribution in [-0.2, 0) is 13.0 Å². The lowest BCUT2D eigenvalue weighted by Gasteiger charge is -2.13. The molecular weight excluding hydrogens is 224 g/mol. The molecule has 1 atom stereocenters. The van der Waals surface area contributed by atoms with E-state index in [-0.39, 0.29) is 6.04 Å². The zero-order valence-electron chi connectivity index (χ0n) is 11.0. The van der Waals surface area contributed by atoms with Crippen LogP contribution in [0.1, 0.15) is 31.3 Å². The Morgan fingerprint density at radius 1 is 1.22 bits per heavy atom. The lowest BCUT2D eigenvalue weighted by Crippen LogP contribution is -2.17. The molecule has 0 spiro atoms. The fraction of sp³-hybridized carbons (Fsp3) is 0.429. The number of nitrogens with two attached hydrogens (primary N) is 1. The molecule has 1 unspecified atom stereocenters. The smallest absolute Gasteiger partial charge is 0.134 e. The first kappa shape index (κ1) is 12.8. The van der Waals surface area contributed by atoms with Crippen LogP contribution in [0.4, 0.5) is 0 Å². The van der Waals surface area contributed by atoms with Crippen molar-refractivity contribution in [1.29, 1.82) is 0 Å². The molecule has 1 aromatic carbocycles. The fourth-order valence-electron chi connectivity index (χ4n) is 2.00. The largest absolute Gasteiger partial charge is 0.324 e. The second-order valence-electron chi connectivity index (χ2n) is 5.01. The molecule has 0 saturated heterocycles. The van der Waals surface area contributed by atoms with E-state index in [9.17, 15) is 0 Å². The number of rotatable bonds is 5. The molecule has 0 aliphatic rings. The van der Waals surface area contributed by atoms with Crippen molar-refractivity contribution in [2.45, 2.75) is 32.9 Å². The van der Waals surface area contributed by atoms with Crippen molar-refractivity contribution in [1.82, 2.24) is 14.8 Å². The maximum absolute atomic E-state index is 6.20. The van der Waals surface area contributed by atoms with Gasteiger partial charge in [-0.2, -0.15) is 0 Å². The van der Waals surface area contributed by atoms with Gasteiger partial charge in [-0.25, -0.2) is 0 Å². The molecule has 0 aliphatic carbocycles. The molecule has 4 heteroatoms. The molecule has 2 N–H and O–H groups in total. The lowest BCUT2D eigenvalue weighted by molar-refractivity contribution is 0.498. The van der Waals surface area contributed by atoms with Crippen molar-refractivity contribution in [2.24, 2.45) is 11.7 Å². The van der Waals surface area contributed by atoms with E-state index in [1.807, 2.05) is 30.3 Å². The van der Waals surface area contributed by atoms with Crippen molar-refractivity contribution in [3.63, 3.8) is 0 Å². The molecule has 4 nitrogen and oxygen atoms in total. The summed E-state index contributed by atoms with van der Waals surface area (Å²) in [6.07, 6.45) is 2.50. The van der Waals surface area contributed by atoms with Gasteiger partial charge < -0.3 is 10.3 Å². The van der Waals surface area contributed by atoms with Crippen molar-refractivity contribution >= 4 is 0 Å². The molecule has 0 aliphatic heterocycles. The Morgan fingerprint density at radius 3 is 2.61 bits per heavy atom. The zero-order valence-corrected chi connectivity index (χ0v) is 11.0. The average Bonchev–Trinajstić information content (AvgIpc) is 2.77. The maximum atomic E-state index is 6.20. The molecule has 0 bridgehead atoms. The highest BCUT2D eigenvalue weighted by atomic mass is 15.3. The van der Waals surface area contributed by atoms with Crippen LogP contribution >= 0.6 is 0 Å². The first-order valence-corrected chi connectivity index (χ1v) is 6.34. The number of nitrogens with zero attached hydrogens (tertiary/aromatic N) is 3. The monoisotopic (exact) mass is 244 g/mol. The van der Waals surface area contributed by atoms with Crippen LogP contribution in [0.3, 0.4) is 0 Å². The summed E-state index contributed by atoms with van der Waals surface area (Å²) in [5.41, 5.74) is 7.34. The van der Waals surface area contributed by atoms with E-state index in [0.717, 1.165) is 24.4 Å². The second kappa shape index (κ2) is 5.78. The van der Waals surface area contributed by atoms with Crippen LogP contribution in [0.15, 0.2) is 36.7 Å². The minimum absolute atomic E-state index is 0.0266. The summed E-state index contributed by atoms with van der Waals surface area (Å²) in [7, 11) is 0. The van der Waals surface area contributed by atoms with E-state index >= 15 is 0 Å². The van der Waals surface area contributed by atoms with E-state index < -0.39 is 0 Å². The summed E-state index contributed by atoms with van der Waals surface area (Å²) >= 11 is 0. The summed E-state index contributed by atoms with van der Waals surface area (Å²) in [5, 5.41) is 8.15. The van der Waals surface area contributed by atoms with E-state index in [0.29, 0.717) is 5.92 Å². The Balaban J connectivity index is 2.08.